The number of benzene rings is 2. The van der Waals surface area contributed by atoms with Crippen molar-refractivity contribution in [2.75, 3.05) is 7.11 Å². The summed E-state index contributed by atoms with van der Waals surface area (Å²) in [5, 5.41) is 7.67. The van der Waals surface area contributed by atoms with Gasteiger partial charge in [-0.2, -0.15) is 5.10 Å². The number of nitrogens with zero attached hydrogens (tertiary/aromatic N) is 2. The first-order valence-corrected chi connectivity index (χ1v) is 9.12. The van der Waals surface area contributed by atoms with Crippen molar-refractivity contribution in [1.82, 2.24) is 15.1 Å². The van der Waals surface area contributed by atoms with Gasteiger partial charge in [-0.3, -0.25) is 9.59 Å². The van der Waals surface area contributed by atoms with E-state index in [1.165, 1.54) is 13.3 Å². The first-order chi connectivity index (χ1) is 13.5. The molecule has 3 aromatic rings. The third kappa shape index (κ3) is 4.23. The van der Waals surface area contributed by atoms with E-state index >= 15 is 0 Å². The Morgan fingerprint density at radius 1 is 1.11 bits per heavy atom. The monoisotopic (exact) mass is 397 g/mol. The van der Waals surface area contributed by atoms with Crippen LogP contribution in [0.2, 0.25) is 5.02 Å². The lowest BCUT2D eigenvalue weighted by atomic mass is 9.94. The van der Waals surface area contributed by atoms with E-state index in [0.29, 0.717) is 16.3 Å². The van der Waals surface area contributed by atoms with Crippen LogP contribution in [0.15, 0.2) is 67.0 Å². The molecule has 0 unspecified atom stereocenters. The summed E-state index contributed by atoms with van der Waals surface area (Å²) < 4.78 is 6.40. The topological polar surface area (TPSA) is 73.2 Å². The van der Waals surface area contributed by atoms with Crippen molar-refractivity contribution in [3.05, 3.63) is 83.1 Å². The summed E-state index contributed by atoms with van der Waals surface area (Å²) in [6.07, 6.45) is 3.06. The molecule has 0 saturated heterocycles. The summed E-state index contributed by atoms with van der Waals surface area (Å²) in [5.41, 5.74) is 1.84. The van der Waals surface area contributed by atoms with Crippen molar-refractivity contribution in [2.24, 2.45) is 5.92 Å². The zero-order valence-electron chi connectivity index (χ0n) is 15.5. The molecule has 0 bridgehead atoms. The lowest BCUT2D eigenvalue weighted by Gasteiger charge is -2.23. The van der Waals surface area contributed by atoms with E-state index in [4.69, 9.17) is 16.3 Å². The fourth-order valence-electron chi connectivity index (χ4n) is 2.91. The predicted molar refractivity (Wildman–Crippen MR) is 106 cm³/mol. The number of carbonyl (C=O) groups is 2. The molecule has 0 aliphatic heterocycles. The van der Waals surface area contributed by atoms with Crippen molar-refractivity contribution in [3.8, 4) is 5.69 Å². The van der Waals surface area contributed by atoms with E-state index in [0.717, 1.165) is 5.56 Å². The molecule has 0 saturated carbocycles. The zero-order chi connectivity index (χ0) is 20.1. The van der Waals surface area contributed by atoms with Crippen LogP contribution in [-0.4, -0.2) is 28.8 Å². The number of ether oxygens (including phenoxy) is 1. The van der Waals surface area contributed by atoms with Gasteiger partial charge in [0, 0.05) is 6.20 Å². The molecule has 1 aromatic heterocycles. The molecule has 0 aliphatic rings. The molecule has 0 aliphatic carbocycles. The van der Waals surface area contributed by atoms with Gasteiger partial charge in [0.05, 0.1) is 41.5 Å². The number of carbonyl (C=O) groups excluding carboxylic acids is 2. The Morgan fingerprint density at radius 3 is 2.46 bits per heavy atom. The molecule has 2 aromatic carbocycles. The van der Waals surface area contributed by atoms with Gasteiger partial charge in [-0.25, -0.2) is 4.68 Å². The number of esters is 1. The van der Waals surface area contributed by atoms with Gasteiger partial charge in [0.1, 0.15) is 0 Å². The van der Waals surface area contributed by atoms with E-state index in [1.807, 2.05) is 48.5 Å². The number of hydrogen-bond acceptors (Lipinski definition) is 4. The minimum absolute atomic E-state index is 0.345. The number of hydrogen-bond donors (Lipinski definition) is 1. The lowest BCUT2D eigenvalue weighted by molar-refractivity contribution is -0.145. The van der Waals surface area contributed by atoms with Crippen LogP contribution in [0.5, 0.6) is 0 Å². The number of rotatable bonds is 6. The van der Waals surface area contributed by atoms with Gasteiger partial charge in [0.2, 0.25) is 0 Å². The third-order valence-electron chi connectivity index (χ3n) is 4.46. The van der Waals surface area contributed by atoms with Gasteiger partial charge in [0.15, 0.2) is 0 Å². The van der Waals surface area contributed by atoms with Crippen molar-refractivity contribution < 1.29 is 14.3 Å². The Labute approximate surface area is 168 Å². The highest BCUT2D eigenvalue weighted by molar-refractivity contribution is 6.32. The van der Waals surface area contributed by atoms with Gasteiger partial charge in [-0.1, -0.05) is 54.1 Å². The Morgan fingerprint density at radius 2 is 1.79 bits per heavy atom. The number of aromatic nitrogens is 2. The van der Waals surface area contributed by atoms with Crippen LogP contribution < -0.4 is 5.32 Å². The predicted octanol–water partition coefficient (Wildman–Crippen LogP) is 3.81. The fraction of sp³-hybridized carbons (Fsp3) is 0.190. The zero-order valence-corrected chi connectivity index (χ0v) is 16.3. The average molecular weight is 398 g/mol. The molecular weight excluding hydrogens is 378 g/mol. The SMILES string of the molecule is COC(=O)[C@@H](C)[C@H](NC(=O)c1cnn(-c2ccccc2Cl)c1)c1ccccc1. The van der Waals surface area contributed by atoms with E-state index in [9.17, 15) is 9.59 Å². The average Bonchev–Trinajstić information content (AvgIpc) is 3.22. The maximum absolute atomic E-state index is 12.8. The van der Waals surface area contributed by atoms with Crippen molar-refractivity contribution in [3.63, 3.8) is 0 Å². The Hall–Kier alpha value is -3.12. The van der Waals surface area contributed by atoms with E-state index < -0.39 is 17.9 Å². The Bertz CT molecular complexity index is 972. The summed E-state index contributed by atoms with van der Waals surface area (Å²) in [6.45, 7) is 1.72. The van der Waals surface area contributed by atoms with Crippen LogP contribution >= 0.6 is 11.6 Å². The molecule has 1 heterocycles. The standard InChI is InChI=1S/C21H20ClN3O3/c1-14(21(27)28-2)19(15-8-4-3-5-9-15)24-20(26)16-12-23-25(13-16)18-11-7-6-10-17(18)22/h3-14,19H,1-2H3,(H,24,26)/t14-,19-/m0/s1. The van der Waals surface area contributed by atoms with Gasteiger partial charge in [0.25, 0.3) is 5.91 Å². The highest BCUT2D eigenvalue weighted by atomic mass is 35.5. The molecule has 144 valence electrons. The van der Waals surface area contributed by atoms with Crippen LogP contribution in [0, 0.1) is 5.92 Å². The molecule has 0 radical (unpaired) electrons. The Balaban J connectivity index is 1.85. The van der Waals surface area contributed by atoms with Crippen LogP contribution in [-0.2, 0) is 9.53 Å². The van der Waals surface area contributed by atoms with Crippen LogP contribution in [0.3, 0.4) is 0 Å². The van der Waals surface area contributed by atoms with Gasteiger partial charge >= 0.3 is 5.97 Å². The largest absolute Gasteiger partial charge is 0.469 e. The quantitative estimate of drug-likeness (QED) is 0.642. The van der Waals surface area contributed by atoms with E-state index in [2.05, 4.69) is 10.4 Å². The highest BCUT2D eigenvalue weighted by Gasteiger charge is 2.28. The fourth-order valence-corrected chi connectivity index (χ4v) is 3.14. The van der Waals surface area contributed by atoms with Crippen molar-refractivity contribution in [1.29, 1.82) is 0 Å². The Kier molecular flexibility index (Phi) is 6.11. The minimum Gasteiger partial charge on any atom is -0.469 e. The maximum atomic E-state index is 12.8. The molecule has 3 rings (SSSR count). The molecular formula is C21H20ClN3O3. The van der Waals surface area contributed by atoms with Crippen LogP contribution in [0.25, 0.3) is 5.69 Å². The lowest BCUT2D eigenvalue weighted by Crippen LogP contribution is -2.36. The second-order valence-corrected chi connectivity index (χ2v) is 6.71. The molecule has 28 heavy (non-hydrogen) atoms. The smallest absolute Gasteiger partial charge is 0.310 e. The summed E-state index contributed by atoms with van der Waals surface area (Å²) >= 11 is 6.19. The maximum Gasteiger partial charge on any atom is 0.310 e. The first kappa shape index (κ1) is 19.6. The van der Waals surface area contributed by atoms with Gasteiger partial charge in [-0.15, -0.1) is 0 Å². The van der Waals surface area contributed by atoms with Gasteiger partial charge < -0.3 is 10.1 Å². The number of halogens is 1. The molecule has 0 fully saturated rings. The first-order valence-electron chi connectivity index (χ1n) is 8.74. The molecule has 0 spiro atoms. The van der Waals surface area contributed by atoms with Gasteiger partial charge in [-0.05, 0) is 24.6 Å². The summed E-state index contributed by atoms with van der Waals surface area (Å²) in [5.74, 6) is -1.31. The summed E-state index contributed by atoms with van der Waals surface area (Å²) in [6, 6.07) is 16.0. The van der Waals surface area contributed by atoms with E-state index in [-0.39, 0.29) is 5.91 Å². The molecule has 6 nitrogen and oxygen atoms in total. The summed E-state index contributed by atoms with van der Waals surface area (Å²) in [4.78, 5) is 24.9. The second-order valence-electron chi connectivity index (χ2n) is 6.30. The van der Waals surface area contributed by atoms with Crippen molar-refractivity contribution in [2.45, 2.75) is 13.0 Å². The van der Waals surface area contributed by atoms with Crippen LogP contribution in [0.4, 0.5) is 0 Å². The normalized spacial score (nSPS) is 12.8. The molecule has 1 N–H and O–H groups in total. The highest BCUT2D eigenvalue weighted by Crippen LogP contribution is 2.24. The number of para-hydroxylation sites is 1. The number of amides is 1. The molecule has 7 heteroatoms. The minimum atomic E-state index is -0.560. The molecule has 1 amide bonds. The summed E-state index contributed by atoms with van der Waals surface area (Å²) in [7, 11) is 1.33. The van der Waals surface area contributed by atoms with Crippen LogP contribution in [0.1, 0.15) is 28.9 Å². The van der Waals surface area contributed by atoms with Crippen molar-refractivity contribution >= 4 is 23.5 Å². The molecule has 2 atom stereocenters. The number of methoxy groups -OCH3 is 1. The second kappa shape index (κ2) is 8.71. The third-order valence-corrected chi connectivity index (χ3v) is 4.78. The van der Waals surface area contributed by atoms with E-state index in [1.54, 1.807) is 23.9 Å². The number of nitrogens with one attached hydrogen (secondary N) is 1.